The van der Waals surface area contributed by atoms with Gasteiger partial charge in [0.05, 0.1) is 18.2 Å². The number of hydrogen-bond acceptors (Lipinski definition) is 10. The fraction of sp³-hybridized carbons (Fsp3) is 0.300. The zero-order valence-electron chi connectivity index (χ0n) is 31.1. The van der Waals surface area contributed by atoms with Crippen LogP contribution in [0.25, 0.3) is 32.9 Å². The molecule has 50 heavy (non-hydrogen) atoms. The van der Waals surface area contributed by atoms with Crippen molar-refractivity contribution in [3.8, 4) is 11.8 Å². The molecule has 0 fully saturated rings. The van der Waals surface area contributed by atoms with Crippen LogP contribution in [0.15, 0.2) is 94.4 Å². The van der Waals surface area contributed by atoms with Crippen LogP contribution in [0.1, 0.15) is 49.9 Å². The second kappa shape index (κ2) is 18.7. The molecule has 10 nitrogen and oxygen atoms in total. The van der Waals surface area contributed by atoms with Crippen molar-refractivity contribution in [1.82, 2.24) is 0 Å². The lowest BCUT2D eigenvalue weighted by Gasteiger charge is -2.12. The predicted molar refractivity (Wildman–Crippen MR) is 204 cm³/mol. The van der Waals surface area contributed by atoms with Crippen LogP contribution in [0.3, 0.4) is 0 Å². The van der Waals surface area contributed by atoms with Crippen molar-refractivity contribution in [1.29, 1.82) is 5.26 Å². The molecule has 0 aliphatic carbocycles. The lowest BCUT2D eigenvalue weighted by Crippen LogP contribution is -2.10. The average molecular weight is 682 g/mol. The molecule has 0 saturated carbocycles. The number of nitriles is 1. The molecule has 6 rings (SSSR count). The van der Waals surface area contributed by atoms with Gasteiger partial charge in [0.15, 0.2) is 0 Å². The van der Waals surface area contributed by atoms with Gasteiger partial charge in [-0.3, -0.25) is 0 Å². The first-order chi connectivity index (χ1) is 23.8. The fourth-order valence-corrected chi connectivity index (χ4v) is 4.51. The minimum Gasteiger partial charge on any atom is -0.497 e. The molecule has 0 bridgehead atoms. The Kier molecular flexibility index (Phi) is 15.1. The number of benzene rings is 3. The third-order valence-corrected chi connectivity index (χ3v) is 7.27. The number of methoxy groups -OCH3 is 1. The molecule has 3 aromatic heterocycles. The topological polar surface area (TPSA) is 130 Å². The zero-order valence-corrected chi connectivity index (χ0v) is 31.1. The van der Waals surface area contributed by atoms with E-state index < -0.39 is 5.63 Å². The highest BCUT2D eigenvalue weighted by Gasteiger charge is 2.11. The van der Waals surface area contributed by atoms with Crippen molar-refractivity contribution in [3.63, 3.8) is 0 Å². The van der Waals surface area contributed by atoms with Gasteiger partial charge in [0, 0.05) is 85.1 Å². The first-order valence-electron chi connectivity index (χ1n) is 16.3. The fourth-order valence-electron chi connectivity index (χ4n) is 4.51. The Balaban J connectivity index is 0.000000248. The lowest BCUT2D eigenvalue weighted by molar-refractivity contribution is 0.414. The maximum Gasteiger partial charge on any atom is 0.340 e. The maximum absolute atomic E-state index is 11.6. The van der Waals surface area contributed by atoms with Crippen molar-refractivity contribution in [2.45, 2.75) is 48.5 Å². The largest absolute Gasteiger partial charge is 0.497 e. The standard InChI is InChI=1S/C13H12N2O2.C12H13NO2.C11H10O3.2C2H6/c1-8-11(7-14)10-5-4-9(15(2)3)6-12(10)17-13(8)16;1-8-6-9-4-5-10(13(2)3)7-11(9)15-12(8)14;1-7-5-8-3-4-9(13-2)6-10(8)14-11(7)12;2*1-2/h4-6H,1-3H3;4-7H,1-3H3;3-6H,1-2H3;2*1-2H3. The van der Waals surface area contributed by atoms with Crippen molar-refractivity contribution in [3.05, 3.63) is 120 Å². The van der Waals surface area contributed by atoms with Gasteiger partial charge in [-0.1, -0.05) is 27.7 Å². The normalized spacial score (nSPS) is 9.82. The van der Waals surface area contributed by atoms with Crippen molar-refractivity contribution in [2.75, 3.05) is 45.1 Å². The van der Waals surface area contributed by atoms with Crippen molar-refractivity contribution in [2.24, 2.45) is 0 Å². The molecule has 10 heteroatoms. The average Bonchev–Trinajstić information content (AvgIpc) is 3.11. The van der Waals surface area contributed by atoms with Gasteiger partial charge >= 0.3 is 16.9 Å². The summed E-state index contributed by atoms with van der Waals surface area (Å²) in [5, 5.41) is 11.6. The number of nitrogens with zero attached hydrogens (tertiary/aromatic N) is 3. The maximum atomic E-state index is 11.6. The molecule has 0 unspecified atom stereocenters. The summed E-state index contributed by atoms with van der Waals surface area (Å²) in [6, 6.07) is 22.4. The lowest BCUT2D eigenvalue weighted by atomic mass is 10.1. The van der Waals surface area contributed by atoms with Crippen molar-refractivity contribution >= 4 is 44.3 Å². The minimum absolute atomic E-state index is 0.265. The Morgan fingerprint density at radius 1 is 0.600 bits per heavy atom. The minimum atomic E-state index is -0.454. The summed E-state index contributed by atoms with van der Waals surface area (Å²) in [4.78, 5) is 38.0. The smallest absolute Gasteiger partial charge is 0.340 e. The van der Waals surface area contributed by atoms with Gasteiger partial charge in [-0.15, -0.1) is 0 Å². The molecule has 6 aromatic rings. The summed E-state index contributed by atoms with van der Waals surface area (Å²) in [6.07, 6.45) is 0. The van der Waals surface area contributed by atoms with Crippen LogP contribution in [0.5, 0.6) is 5.75 Å². The number of aryl methyl sites for hydroxylation is 2. The molecule has 3 aromatic carbocycles. The molecule has 0 spiro atoms. The molecule has 0 saturated heterocycles. The molecule has 0 aliphatic rings. The summed E-state index contributed by atoms with van der Waals surface area (Å²) in [7, 11) is 9.28. The molecule has 0 amide bonds. The van der Waals surface area contributed by atoms with E-state index in [0.717, 1.165) is 22.1 Å². The molecular weight excluding hydrogens is 634 g/mol. The number of ether oxygens (including phenoxy) is 1. The molecule has 264 valence electrons. The van der Waals surface area contributed by atoms with E-state index in [9.17, 15) is 14.4 Å². The Hall–Kier alpha value is -5.82. The van der Waals surface area contributed by atoms with Gasteiger partial charge in [0.2, 0.25) is 0 Å². The van der Waals surface area contributed by atoms with E-state index in [0.29, 0.717) is 50.1 Å². The van der Waals surface area contributed by atoms with E-state index in [2.05, 4.69) is 6.07 Å². The third-order valence-electron chi connectivity index (χ3n) is 7.27. The molecule has 0 atom stereocenters. The van der Waals surface area contributed by atoms with E-state index in [1.165, 1.54) is 0 Å². The van der Waals surface area contributed by atoms with Crippen LogP contribution in [0.2, 0.25) is 0 Å². The Morgan fingerprint density at radius 3 is 1.52 bits per heavy atom. The highest BCUT2D eigenvalue weighted by Crippen LogP contribution is 2.24. The van der Waals surface area contributed by atoms with Crippen LogP contribution < -0.4 is 31.4 Å². The Labute approximate surface area is 292 Å². The summed E-state index contributed by atoms with van der Waals surface area (Å²) < 4.78 is 20.5. The number of anilines is 2. The predicted octanol–water partition coefficient (Wildman–Crippen LogP) is 8.37. The molecule has 0 radical (unpaired) electrons. The van der Waals surface area contributed by atoms with Crippen LogP contribution >= 0.6 is 0 Å². The first-order valence-corrected chi connectivity index (χ1v) is 16.3. The summed E-state index contributed by atoms with van der Waals surface area (Å²) in [5.74, 6) is 0.685. The number of rotatable bonds is 3. The monoisotopic (exact) mass is 681 g/mol. The van der Waals surface area contributed by atoms with Crippen LogP contribution in [0.4, 0.5) is 11.4 Å². The van der Waals surface area contributed by atoms with Gasteiger partial charge < -0.3 is 27.8 Å². The second-order valence-corrected chi connectivity index (χ2v) is 11.0. The summed E-state index contributed by atoms with van der Waals surface area (Å²) in [6.45, 7) is 13.1. The van der Waals surface area contributed by atoms with Gasteiger partial charge in [-0.05, 0) is 69.3 Å². The van der Waals surface area contributed by atoms with Crippen molar-refractivity contribution < 1.29 is 18.0 Å². The SMILES string of the molecule is CC.CC.COc1ccc2cc(C)c(=O)oc2c1.Cc1c(C#N)c2ccc(N(C)C)cc2oc1=O.Cc1cc2ccc(N(C)C)cc2oc1=O. The first kappa shape index (κ1) is 40.4. The Morgan fingerprint density at radius 2 is 1.04 bits per heavy atom. The summed E-state index contributed by atoms with van der Waals surface area (Å²) >= 11 is 0. The van der Waals surface area contributed by atoms with Gasteiger partial charge in [0.1, 0.15) is 28.6 Å². The van der Waals surface area contributed by atoms with Gasteiger partial charge in [-0.25, -0.2) is 14.4 Å². The zero-order chi connectivity index (χ0) is 37.7. The van der Waals surface area contributed by atoms with E-state index in [1.807, 2.05) is 108 Å². The van der Waals surface area contributed by atoms with Crippen LogP contribution in [-0.2, 0) is 0 Å². The van der Waals surface area contributed by atoms with Crippen LogP contribution in [-0.4, -0.2) is 35.3 Å². The number of hydrogen-bond donors (Lipinski definition) is 0. The molecule has 0 N–H and O–H groups in total. The third kappa shape index (κ3) is 9.86. The molecular formula is C40H47N3O7. The molecule has 0 aliphatic heterocycles. The van der Waals surface area contributed by atoms with E-state index >= 15 is 0 Å². The quantitative estimate of drug-likeness (QED) is 0.168. The van der Waals surface area contributed by atoms with E-state index in [4.69, 9.17) is 23.3 Å². The molecule has 3 heterocycles. The Bertz CT molecular complexity index is 2270. The van der Waals surface area contributed by atoms with Crippen LogP contribution in [0, 0.1) is 32.1 Å². The second-order valence-electron chi connectivity index (χ2n) is 11.0. The van der Waals surface area contributed by atoms with E-state index in [1.54, 1.807) is 52.1 Å². The highest BCUT2D eigenvalue weighted by molar-refractivity contribution is 5.86. The highest BCUT2D eigenvalue weighted by atomic mass is 16.5. The van der Waals surface area contributed by atoms with Gasteiger partial charge in [-0.2, -0.15) is 5.26 Å². The van der Waals surface area contributed by atoms with E-state index in [-0.39, 0.29) is 11.3 Å². The van der Waals surface area contributed by atoms with Gasteiger partial charge in [0.25, 0.3) is 0 Å². The number of fused-ring (bicyclic) bond motifs is 3. The summed E-state index contributed by atoms with van der Waals surface area (Å²) in [5.41, 5.74) is 4.57.